The first-order valence-electron chi connectivity index (χ1n) is 6.29. The second-order valence-electron chi connectivity index (χ2n) is 5.21. The number of hydrogen-bond acceptors (Lipinski definition) is 2. The van der Waals surface area contributed by atoms with Crippen LogP contribution in [0.2, 0.25) is 0 Å². The second kappa shape index (κ2) is 5.98. The molecule has 0 aliphatic carbocycles. The number of halogens is 1. The average molecular weight is 252 g/mol. The van der Waals surface area contributed by atoms with Crippen molar-refractivity contribution in [2.24, 2.45) is 5.92 Å². The van der Waals surface area contributed by atoms with Crippen molar-refractivity contribution in [3.63, 3.8) is 0 Å². The van der Waals surface area contributed by atoms with E-state index in [1.54, 1.807) is 13.0 Å². The fourth-order valence-electron chi connectivity index (χ4n) is 1.96. The highest BCUT2D eigenvalue weighted by Gasteiger charge is 2.15. The largest absolute Gasteiger partial charge is 0.490 e. The maximum Gasteiger partial charge on any atom is 0.163 e. The van der Waals surface area contributed by atoms with Gasteiger partial charge in [-0.3, -0.25) is 4.79 Å². The standard InChI is InChI=1S/C15H21FO2/c1-9(2)6-11(4)18-15-7-10(3)14(16)8-13(15)12(5)17/h7-9,11H,6H2,1-5H3. The molecule has 0 saturated heterocycles. The van der Waals surface area contributed by atoms with Crippen molar-refractivity contribution in [1.82, 2.24) is 0 Å². The van der Waals surface area contributed by atoms with Crippen molar-refractivity contribution in [2.45, 2.75) is 47.1 Å². The summed E-state index contributed by atoms with van der Waals surface area (Å²) in [4.78, 5) is 11.5. The van der Waals surface area contributed by atoms with Crippen LogP contribution in [0.3, 0.4) is 0 Å². The predicted molar refractivity (Wildman–Crippen MR) is 70.7 cm³/mol. The van der Waals surface area contributed by atoms with Crippen molar-refractivity contribution >= 4 is 5.78 Å². The zero-order chi connectivity index (χ0) is 13.9. The molecule has 0 bridgehead atoms. The van der Waals surface area contributed by atoms with E-state index in [0.29, 0.717) is 22.8 Å². The highest BCUT2D eigenvalue weighted by molar-refractivity contribution is 5.96. The molecule has 0 amide bonds. The van der Waals surface area contributed by atoms with Crippen molar-refractivity contribution in [3.8, 4) is 5.75 Å². The predicted octanol–water partition coefficient (Wildman–Crippen LogP) is 4.15. The van der Waals surface area contributed by atoms with Gasteiger partial charge in [0.25, 0.3) is 0 Å². The maximum absolute atomic E-state index is 13.5. The van der Waals surface area contributed by atoms with Crippen molar-refractivity contribution in [1.29, 1.82) is 0 Å². The summed E-state index contributed by atoms with van der Waals surface area (Å²) in [6.45, 7) is 9.27. The molecule has 18 heavy (non-hydrogen) atoms. The van der Waals surface area contributed by atoms with Gasteiger partial charge in [0.2, 0.25) is 0 Å². The number of aryl methyl sites for hydroxylation is 1. The third-order valence-corrected chi connectivity index (χ3v) is 2.77. The lowest BCUT2D eigenvalue weighted by Gasteiger charge is -2.19. The zero-order valence-electron chi connectivity index (χ0n) is 11.7. The van der Waals surface area contributed by atoms with Gasteiger partial charge in [0.1, 0.15) is 11.6 Å². The summed E-state index contributed by atoms with van der Waals surface area (Å²) < 4.78 is 19.2. The van der Waals surface area contributed by atoms with Crippen molar-refractivity contribution < 1.29 is 13.9 Å². The molecule has 0 aliphatic rings. The molecule has 0 N–H and O–H groups in total. The number of carbonyl (C=O) groups is 1. The molecule has 0 aromatic heterocycles. The van der Waals surface area contributed by atoms with E-state index in [2.05, 4.69) is 13.8 Å². The molecule has 1 aromatic carbocycles. The van der Waals surface area contributed by atoms with Gasteiger partial charge in [0, 0.05) is 0 Å². The van der Waals surface area contributed by atoms with Gasteiger partial charge < -0.3 is 4.74 Å². The Morgan fingerprint density at radius 1 is 1.33 bits per heavy atom. The molecular weight excluding hydrogens is 231 g/mol. The third-order valence-electron chi connectivity index (χ3n) is 2.77. The van der Waals surface area contributed by atoms with Crippen LogP contribution in [0.25, 0.3) is 0 Å². The smallest absolute Gasteiger partial charge is 0.163 e. The van der Waals surface area contributed by atoms with Crippen LogP contribution in [0.5, 0.6) is 5.75 Å². The number of benzene rings is 1. The van der Waals surface area contributed by atoms with Crippen LogP contribution >= 0.6 is 0 Å². The molecule has 0 heterocycles. The Labute approximate surface area is 108 Å². The number of ether oxygens (including phenoxy) is 1. The Hall–Kier alpha value is -1.38. The Bertz CT molecular complexity index is 438. The first kappa shape index (κ1) is 14.7. The number of Topliss-reactive ketones (excluding diaryl/α,β-unsaturated/α-hetero) is 1. The SMILES string of the molecule is CC(=O)c1cc(F)c(C)cc1OC(C)CC(C)C. The van der Waals surface area contributed by atoms with E-state index in [1.165, 1.54) is 13.0 Å². The summed E-state index contributed by atoms with van der Waals surface area (Å²) in [7, 11) is 0. The minimum atomic E-state index is -0.371. The van der Waals surface area contributed by atoms with E-state index in [-0.39, 0.29) is 17.7 Å². The summed E-state index contributed by atoms with van der Waals surface area (Å²) in [6, 6.07) is 2.86. The van der Waals surface area contributed by atoms with Crippen LogP contribution in [0.4, 0.5) is 4.39 Å². The van der Waals surface area contributed by atoms with Gasteiger partial charge in [-0.05, 0) is 50.8 Å². The van der Waals surface area contributed by atoms with Gasteiger partial charge in [0.15, 0.2) is 5.78 Å². The minimum Gasteiger partial charge on any atom is -0.490 e. The van der Waals surface area contributed by atoms with Crippen LogP contribution in [-0.4, -0.2) is 11.9 Å². The van der Waals surface area contributed by atoms with Gasteiger partial charge >= 0.3 is 0 Å². The Morgan fingerprint density at radius 2 is 1.94 bits per heavy atom. The zero-order valence-corrected chi connectivity index (χ0v) is 11.7. The van der Waals surface area contributed by atoms with Crippen molar-refractivity contribution in [3.05, 3.63) is 29.1 Å². The normalized spacial score (nSPS) is 12.6. The van der Waals surface area contributed by atoms with E-state index in [4.69, 9.17) is 4.74 Å². The van der Waals surface area contributed by atoms with Gasteiger partial charge in [-0.25, -0.2) is 4.39 Å². The van der Waals surface area contributed by atoms with E-state index < -0.39 is 0 Å². The fraction of sp³-hybridized carbons (Fsp3) is 0.533. The Morgan fingerprint density at radius 3 is 2.44 bits per heavy atom. The molecule has 1 atom stereocenters. The minimum absolute atomic E-state index is 0.00737. The number of carbonyl (C=O) groups excluding carboxylic acids is 1. The lowest BCUT2D eigenvalue weighted by Crippen LogP contribution is -2.16. The summed E-state index contributed by atoms with van der Waals surface area (Å²) in [6.07, 6.45) is 0.904. The quantitative estimate of drug-likeness (QED) is 0.736. The Balaban J connectivity index is 3.00. The molecule has 0 fully saturated rings. The van der Waals surface area contributed by atoms with Crippen LogP contribution < -0.4 is 4.74 Å². The first-order chi connectivity index (χ1) is 8.31. The van der Waals surface area contributed by atoms with E-state index in [0.717, 1.165) is 6.42 Å². The molecule has 1 unspecified atom stereocenters. The molecule has 0 aliphatic heterocycles. The van der Waals surface area contributed by atoms with E-state index in [1.807, 2.05) is 6.92 Å². The average Bonchev–Trinajstić information content (AvgIpc) is 2.21. The topological polar surface area (TPSA) is 26.3 Å². The summed E-state index contributed by atoms with van der Waals surface area (Å²) in [5.74, 6) is 0.446. The van der Waals surface area contributed by atoms with Crippen LogP contribution in [0.1, 0.15) is 50.0 Å². The van der Waals surface area contributed by atoms with Gasteiger partial charge in [-0.1, -0.05) is 13.8 Å². The first-order valence-corrected chi connectivity index (χ1v) is 6.29. The van der Waals surface area contributed by atoms with Crippen LogP contribution in [-0.2, 0) is 0 Å². The molecule has 1 rings (SSSR count). The molecular formula is C15H21FO2. The van der Waals surface area contributed by atoms with Gasteiger partial charge in [-0.2, -0.15) is 0 Å². The number of ketones is 1. The van der Waals surface area contributed by atoms with E-state index in [9.17, 15) is 9.18 Å². The Kier molecular flexibility index (Phi) is 4.88. The molecule has 0 saturated carbocycles. The summed E-state index contributed by atoms with van der Waals surface area (Å²) in [5.41, 5.74) is 0.806. The number of hydrogen-bond donors (Lipinski definition) is 0. The van der Waals surface area contributed by atoms with Crippen molar-refractivity contribution in [2.75, 3.05) is 0 Å². The molecule has 2 nitrogen and oxygen atoms in total. The lowest BCUT2D eigenvalue weighted by molar-refractivity contribution is 0.100. The second-order valence-corrected chi connectivity index (χ2v) is 5.21. The lowest BCUT2D eigenvalue weighted by atomic mass is 10.1. The van der Waals surface area contributed by atoms with Gasteiger partial charge in [-0.15, -0.1) is 0 Å². The molecule has 1 aromatic rings. The monoisotopic (exact) mass is 252 g/mol. The fourth-order valence-corrected chi connectivity index (χ4v) is 1.96. The highest BCUT2D eigenvalue weighted by atomic mass is 19.1. The molecule has 100 valence electrons. The molecule has 0 radical (unpaired) electrons. The van der Waals surface area contributed by atoms with Gasteiger partial charge in [0.05, 0.1) is 11.7 Å². The van der Waals surface area contributed by atoms with Crippen LogP contribution in [0, 0.1) is 18.7 Å². The number of rotatable bonds is 5. The third kappa shape index (κ3) is 3.83. The van der Waals surface area contributed by atoms with Crippen LogP contribution in [0.15, 0.2) is 12.1 Å². The van der Waals surface area contributed by atoms with E-state index >= 15 is 0 Å². The summed E-state index contributed by atoms with van der Waals surface area (Å²) in [5, 5.41) is 0. The molecule has 3 heteroatoms. The summed E-state index contributed by atoms with van der Waals surface area (Å²) >= 11 is 0. The molecule has 0 spiro atoms. The maximum atomic E-state index is 13.5. The highest BCUT2D eigenvalue weighted by Crippen LogP contribution is 2.25.